The first-order valence-corrected chi connectivity index (χ1v) is 12.0. The second-order valence-electron chi connectivity index (χ2n) is 9.36. The molecule has 34 heavy (non-hydrogen) atoms. The average Bonchev–Trinajstić information content (AvgIpc) is 3.26. The van der Waals surface area contributed by atoms with Gasteiger partial charge in [-0.15, -0.1) is 0 Å². The summed E-state index contributed by atoms with van der Waals surface area (Å²) in [5.41, 5.74) is 7.14. The minimum absolute atomic E-state index is 0.0749. The van der Waals surface area contributed by atoms with Crippen LogP contribution in [0.5, 0.6) is 5.88 Å². The average molecular weight is 471 g/mol. The Bertz CT molecular complexity index is 956. The fourth-order valence-corrected chi connectivity index (χ4v) is 3.44. The number of ether oxygens (including phenoxy) is 1. The van der Waals surface area contributed by atoms with Gasteiger partial charge >= 0.3 is 0 Å². The zero-order valence-corrected chi connectivity index (χ0v) is 21.0. The van der Waals surface area contributed by atoms with Gasteiger partial charge in [-0.1, -0.05) is 39.4 Å². The molecule has 186 valence electrons. The Balaban J connectivity index is 1.78. The highest BCUT2D eigenvalue weighted by atomic mass is 16.5. The summed E-state index contributed by atoms with van der Waals surface area (Å²) in [6.07, 6.45) is 3.80. The van der Waals surface area contributed by atoms with Gasteiger partial charge in [-0.3, -0.25) is 0 Å². The van der Waals surface area contributed by atoms with Crippen molar-refractivity contribution >= 4 is 17.6 Å². The lowest BCUT2D eigenvalue weighted by Gasteiger charge is -2.29. The first kappa shape index (κ1) is 25.6. The number of hydrogen-bond acceptors (Lipinski definition) is 9. The highest BCUT2D eigenvalue weighted by Gasteiger charge is 2.20. The maximum Gasteiger partial charge on any atom is 0.228 e. The maximum atomic E-state index is 6.22. The predicted octanol–water partition coefficient (Wildman–Crippen LogP) is 3.64. The van der Waals surface area contributed by atoms with Crippen LogP contribution < -0.4 is 20.9 Å². The van der Waals surface area contributed by atoms with Crippen molar-refractivity contribution < 1.29 is 9.26 Å². The van der Waals surface area contributed by atoms with Crippen molar-refractivity contribution in [3.8, 4) is 5.88 Å². The van der Waals surface area contributed by atoms with Crippen LogP contribution in [0.25, 0.3) is 0 Å². The van der Waals surface area contributed by atoms with Crippen LogP contribution >= 0.6 is 0 Å². The molecule has 0 aromatic carbocycles. The fraction of sp³-hybridized carbons (Fsp3) is 0.583. The van der Waals surface area contributed by atoms with Crippen molar-refractivity contribution in [1.29, 1.82) is 0 Å². The van der Waals surface area contributed by atoms with E-state index < -0.39 is 0 Å². The third kappa shape index (κ3) is 8.11. The molecule has 1 unspecified atom stereocenters. The molecule has 0 spiro atoms. The topological polar surface area (TPSA) is 113 Å². The van der Waals surface area contributed by atoms with Crippen LogP contribution in [0, 0.1) is 5.92 Å². The highest BCUT2D eigenvalue weighted by molar-refractivity contribution is 5.93. The smallest absolute Gasteiger partial charge is 0.228 e. The number of piperidine rings is 1. The lowest BCUT2D eigenvalue weighted by Crippen LogP contribution is -2.38. The van der Waals surface area contributed by atoms with Gasteiger partial charge in [0.1, 0.15) is 11.9 Å². The lowest BCUT2D eigenvalue weighted by atomic mass is 10.1. The van der Waals surface area contributed by atoms with Crippen molar-refractivity contribution in [2.45, 2.75) is 59.1 Å². The molecule has 1 atom stereocenters. The number of nitrogens with zero attached hydrogens (tertiary/aromatic N) is 5. The third-order valence-corrected chi connectivity index (χ3v) is 5.30. The Kier molecular flexibility index (Phi) is 9.41. The minimum atomic E-state index is 0.0749. The summed E-state index contributed by atoms with van der Waals surface area (Å²) in [5, 5.41) is 7.32. The first-order chi connectivity index (χ1) is 16.3. The summed E-state index contributed by atoms with van der Waals surface area (Å²) >= 11 is 0. The standard InChI is InChI=1S/C24H38N8O2/c1-7-21(30-26-13-16(2)3)27-22-12-23(33-18-9-8-10-32(6)15-18)29-24(28-22)25-14-19-11-20(17(4)5)31-34-19/h7,11-12,16-18,26H,1,8-10,13-15H2,2-6H3,(H2,25,27,28,29,30). The first-order valence-electron chi connectivity index (χ1n) is 12.0. The number of amidine groups is 1. The molecule has 0 saturated carbocycles. The summed E-state index contributed by atoms with van der Waals surface area (Å²) in [6, 6.07) is 3.69. The van der Waals surface area contributed by atoms with Crippen molar-refractivity contribution in [3.05, 3.63) is 36.2 Å². The van der Waals surface area contributed by atoms with Gasteiger partial charge in [-0.05, 0) is 44.3 Å². The molecule has 10 nitrogen and oxygen atoms in total. The summed E-state index contributed by atoms with van der Waals surface area (Å²) in [7, 11) is 2.10. The quantitative estimate of drug-likeness (QED) is 0.257. The van der Waals surface area contributed by atoms with E-state index >= 15 is 0 Å². The Morgan fingerprint density at radius 2 is 2.15 bits per heavy atom. The molecule has 3 N–H and O–H groups in total. The van der Waals surface area contributed by atoms with Crippen LogP contribution in [0.4, 0.5) is 11.8 Å². The number of likely N-dealkylation sites (tertiary alicyclic amines) is 1. The molecule has 0 aliphatic carbocycles. The Hall–Kier alpha value is -2.98. The number of nitrogens with one attached hydrogen (secondary N) is 3. The highest BCUT2D eigenvalue weighted by Crippen LogP contribution is 2.23. The molecule has 10 heteroatoms. The van der Waals surface area contributed by atoms with Crippen molar-refractivity contribution in [1.82, 2.24) is 30.9 Å². The van der Waals surface area contributed by atoms with Crippen LogP contribution in [-0.4, -0.2) is 58.6 Å². The molecule has 0 bridgehead atoms. The Morgan fingerprint density at radius 3 is 2.82 bits per heavy atom. The van der Waals surface area contributed by atoms with E-state index in [4.69, 9.17) is 9.26 Å². The number of rotatable bonds is 11. The number of likely N-dealkylation sites (N-methyl/N-ethyl adjacent to an activating group) is 1. The van der Waals surface area contributed by atoms with Crippen LogP contribution in [0.1, 0.15) is 57.9 Å². The molecule has 1 aliphatic rings. The fourth-order valence-electron chi connectivity index (χ4n) is 3.44. The monoisotopic (exact) mass is 470 g/mol. The van der Waals surface area contributed by atoms with Gasteiger partial charge in [0.2, 0.25) is 11.8 Å². The molecule has 0 amide bonds. The lowest BCUT2D eigenvalue weighted by molar-refractivity contribution is 0.100. The van der Waals surface area contributed by atoms with Crippen molar-refractivity contribution in [3.63, 3.8) is 0 Å². The molecule has 1 saturated heterocycles. The second-order valence-corrected chi connectivity index (χ2v) is 9.36. The number of hydrazine groups is 1. The second kappa shape index (κ2) is 12.5. The van der Waals surface area contributed by atoms with Gasteiger partial charge in [0.05, 0.1) is 12.2 Å². The Morgan fingerprint density at radius 1 is 1.32 bits per heavy atom. The van der Waals surface area contributed by atoms with Crippen LogP contribution in [0.3, 0.4) is 0 Å². The summed E-state index contributed by atoms with van der Waals surface area (Å²) in [4.78, 5) is 16.0. The van der Waals surface area contributed by atoms with Crippen LogP contribution in [0.15, 0.2) is 34.3 Å². The zero-order chi connectivity index (χ0) is 24.5. The third-order valence-electron chi connectivity index (χ3n) is 5.30. The molecule has 2 aromatic rings. The van der Waals surface area contributed by atoms with Gasteiger partial charge in [0.15, 0.2) is 11.6 Å². The van der Waals surface area contributed by atoms with E-state index in [2.05, 4.69) is 82.5 Å². The van der Waals surface area contributed by atoms with E-state index in [0.29, 0.717) is 47.6 Å². The predicted molar refractivity (Wildman–Crippen MR) is 134 cm³/mol. The number of aliphatic imine (C=N–C) groups is 1. The number of aromatic nitrogens is 3. The number of anilines is 1. The van der Waals surface area contributed by atoms with E-state index in [0.717, 1.165) is 38.2 Å². The maximum absolute atomic E-state index is 6.22. The molecule has 3 rings (SSSR count). The van der Waals surface area contributed by atoms with Crippen LogP contribution in [-0.2, 0) is 6.54 Å². The minimum Gasteiger partial charge on any atom is -0.473 e. The van der Waals surface area contributed by atoms with Crippen molar-refractivity contribution in [2.24, 2.45) is 10.9 Å². The zero-order valence-electron chi connectivity index (χ0n) is 21.0. The van der Waals surface area contributed by atoms with Gasteiger partial charge in [-0.25, -0.2) is 10.4 Å². The summed E-state index contributed by atoms with van der Waals surface area (Å²) in [6.45, 7) is 15.4. The van der Waals surface area contributed by atoms with E-state index in [1.807, 2.05) is 6.07 Å². The van der Waals surface area contributed by atoms with Gasteiger partial charge < -0.3 is 24.9 Å². The molecule has 1 fully saturated rings. The number of hydrogen-bond donors (Lipinski definition) is 3. The molecule has 1 aliphatic heterocycles. The van der Waals surface area contributed by atoms with E-state index in [-0.39, 0.29) is 6.10 Å². The molecule has 2 aromatic heterocycles. The largest absolute Gasteiger partial charge is 0.473 e. The van der Waals surface area contributed by atoms with Gasteiger partial charge in [0, 0.05) is 25.2 Å². The van der Waals surface area contributed by atoms with Gasteiger partial charge in [0.25, 0.3) is 0 Å². The van der Waals surface area contributed by atoms with Crippen molar-refractivity contribution in [2.75, 3.05) is 32.0 Å². The van der Waals surface area contributed by atoms with Crippen LogP contribution in [0.2, 0.25) is 0 Å². The van der Waals surface area contributed by atoms with E-state index in [1.165, 1.54) is 0 Å². The normalized spacial score (nSPS) is 17.3. The molecule has 3 heterocycles. The van der Waals surface area contributed by atoms with Gasteiger partial charge in [-0.2, -0.15) is 9.97 Å². The summed E-state index contributed by atoms with van der Waals surface area (Å²) < 4.78 is 11.6. The van der Waals surface area contributed by atoms with E-state index in [1.54, 1.807) is 12.1 Å². The molecular weight excluding hydrogens is 432 g/mol. The van der Waals surface area contributed by atoms with E-state index in [9.17, 15) is 0 Å². The Labute approximate surface area is 202 Å². The SMILES string of the molecule is C=C/C(=N\c1cc(OC2CCCN(C)C2)nc(NCc2cc(C(C)C)no2)n1)NNCC(C)C. The summed E-state index contributed by atoms with van der Waals surface area (Å²) in [5.74, 6) is 3.42. The molecule has 0 radical (unpaired) electrons. The molecular formula is C24H38N8O2.